The Balaban J connectivity index is 2.75. The van der Waals surface area contributed by atoms with Crippen molar-refractivity contribution in [2.45, 2.75) is 13.0 Å². The molecule has 1 rings (SSSR count). The number of ether oxygens (including phenoxy) is 2. The molecule has 1 unspecified atom stereocenters. The van der Waals surface area contributed by atoms with Crippen molar-refractivity contribution in [1.29, 1.82) is 0 Å². The van der Waals surface area contributed by atoms with Gasteiger partial charge in [-0.25, -0.2) is 0 Å². The van der Waals surface area contributed by atoms with E-state index in [9.17, 15) is 0 Å². The van der Waals surface area contributed by atoms with Gasteiger partial charge in [0.2, 0.25) is 0 Å². The van der Waals surface area contributed by atoms with Gasteiger partial charge in [0, 0.05) is 38.7 Å². The van der Waals surface area contributed by atoms with Crippen LogP contribution in [-0.4, -0.2) is 52.0 Å². The molecule has 0 amide bonds. The lowest BCUT2D eigenvalue weighted by Crippen LogP contribution is -2.38. The van der Waals surface area contributed by atoms with Crippen LogP contribution in [0.3, 0.4) is 0 Å². The monoisotopic (exact) mass is 272 g/mol. The van der Waals surface area contributed by atoms with Gasteiger partial charge in [-0.15, -0.1) is 11.3 Å². The number of rotatable bonds is 9. The third-order valence-electron chi connectivity index (χ3n) is 3.03. The van der Waals surface area contributed by atoms with Crippen molar-refractivity contribution in [1.82, 2.24) is 4.90 Å². The van der Waals surface area contributed by atoms with Crippen LogP contribution < -0.4 is 5.73 Å². The Kier molecular flexibility index (Phi) is 7.46. The predicted molar refractivity (Wildman–Crippen MR) is 76.2 cm³/mol. The lowest BCUT2D eigenvalue weighted by atomic mass is 10.1. The van der Waals surface area contributed by atoms with E-state index in [1.165, 1.54) is 10.4 Å². The first-order valence-corrected chi connectivity index (χ1v) is 7.08. The molecule has 0 aliphatic rings. The molecule has 0 radical (unpaired) electrons. The van der Waals surface area contributed by atoms with E-state index >= 15 is 0 Å². The van der Waals surface area contributed by atoms with Gasteiger partial charge < -0.3 is 15.2 Å². The molecule has 1 aromatic rings. The van der Waals surface area contributed by atoms with Crippen LogP contribution in [0.1, 0.15) is 16.5 Å². The Labute approximate surface area is 114 Å². The van der Waals surface area contributed by atoms with Crippen LogP contribution in [0.15, 0.2) is 11.4 Å². The fourth-order valence-corrected chi connectivity index (χ4v) is 3.06. The van der Waals surface area contributed by atoms with Crippen LogP contribution in [0.4, 0.5) is 0 Å². The first-order chi connectivity index (χ1) is 8.74. The summed E-state index contributed by atoms with van der Waals surface area (Å²) in [6.07, 6.45) is 0. The maximum Gasteiger partial charge on any atom is 0.0589 e. The zero-order valence-corrected chi connectivity index (χ0v) is 12.3. The van der Waals surface area contributed by atoms with E-state index in [2.05, 4.69) is 23.3 Å². The number of aryl methyl sites for hydroxylation is 1. The molecule has 1 aromatic heterocycles. The molecular weight excluding hydrogens is 248 g/mol. The van der Waals surface area contributed by atoms with E-state index in [1.807, 2.05) is 0 Å². The maximum atomic E-state index is 5.96. The number of hydrogen-bond donors (Lipinski definition) is 1. The summed E-state index contributed by atoms with van der Waals surface area (Å²) in [6.45, 7) is 5.93. The molecule has 104 valence electrons. The first kappa shape index (κ1) is 15.6. The summed E-state index contributed by atoms with van der Waals surface area (Å²) in [5.74, 6) is 0. The van der Waals surface area contributed by atoms with Crippen molar-refractivity contribution in [2.24, 2.45) is 5.73 Å². The summed E-state index contributed by atoms with van der Waals surface area (Å²) < 4.78 is 10.3. The second kappa shape index (κ2) is 8.61. The van der Waals surface area contributed by atoms with Gasteiger partial charge >= 0.3 is 0 Å². The molecule has 0 saturated carbocycles. The fourth-order valence-electron chi connectivity index (χ4n) is 1.99. The topological polar surface area (TPSA) is 47.7 Å². The maximum absolute atomic E-state index is 5.96. The minimum atomic E-state index is 0.260. The van der Waals surface area contributed by atoms with E-state index in [0.717, 1.165) is 13.1 Å². The van der Waals surface area contributed by atoms with Gasteiger partial charge in [-0.05, 0) is 23.9 Å². The highest BCUT2D eigenvalue weighted by molar-refractivity contribution is 7.10. The van der Waals surface area contributed by atoms with Crippen LogP contribution >= 0.6 is 11.3 Å². The zero-order chi connectivity index (χ0) is 13.4. The number of thiophene rings is 1. The van der Waals surface area contributed by atoms with E-state index in [0.29, 0.717) is 19.8 Å². The average Bonchev–Trinajstić information content (AvgIpc) is 2.79. The van der Waals surface area contributed by atoms with Crippen LogP contribution in [0.5, 0.6) is 0 Å². The Morgan fingerprint density at radius 3 is 2.28 bits per heavy atom. The smallest absolute Gasteiger partial charge is 0.0589 e. The third kappa shape index (κ3) is 4.33. The van der Waals surface area contributed by atoms with E-state index in [4.69, 9.17) is 15.2 Å². The number of methoxy groups -OCH3 is 2. The third-order valence-corrected chi connectivity index (χ3v) is 4.15. The molecule has 0 fully saturated rings. The van der Waals surface area contributed by atoms with Crippen molar-refractivity contribution in [2.75, 3.05) is 47.1 Å². The number of nitrogens with two attached hydrogens (primary N) is 1. The van der Waals surface area contributed by atoms with Gasteiger partial charge in [-0.1, -0.05) is 0 Å². The Morgan fingerprint density at radius 2 is 1.89 bits per heavy atom. The largest absolute Gasteiger partial charge is 0.383 e. The molecule has 1 heterocycles. The molecule has 2 N–H and O–H groups in total. The van der Waals surface area contributed by atoms with Crippen LogP contribution in [0, 0.1) is 6.92 Å². The van der Waals surface area contributed by atoms with Crippen LogP contribution in [0.2, 0.25) is 0 Å². The van der Waals surface area contributed by atoms with Gasteiger partial charge in [-0.3, -0.25) is 4.90 Å². The molecule has 0 aliphatic carbocycles. The van der Waals surface area contributed by atoms with E-state index in [1.54, 1.807) is 25.6 Å². The summed E-state index contributed by atoms with van der Waals surface area (Å²) in [5, 5.41) is 2.12. The molecule has 1 atom stereocenters. The summed E-state index contributed by atoms with van der Waals surface area (Å²) >= 11 is 1.77. The standard InChI is InChI=1S/C13H24N2O2S/c1-11-4-9-18-13(11)12(10-14)15(5-7-16-2)6-8-17-3/h4,9,12H,5-8,10,14H2,1-3H3. The van der Waals surface area contributed by atoms with Crippen molar-refractivity contribution < 1.29 is 9.47 Å². The lowest BCUT2D eigenvalue weighted by molar-refractivity contribution is 0.0899. The molecule has 0 aliphatic heterocycles. The molecular formula is C13H24N2O2S. The minimum absolute atomic E-state index is 0.260. The molecule has 0 spiro atoms. The van der Waals surface area contributed by atoms with Gasteiger partial charge in [0.1, 0.15) is 0 Å². The highest BCUT2D eigenvalue weighted by Crippen LogP contribution is 2.27. The number of nitrogens with zero attached hydrogens (tertiary/aromatic N) is 1. The highest BCUT2D eigenvalue weighted by Gasteiger charge is 2.21. The van der Waals surface area contributed by atoms with Crippen molar-refractivity contribution >= 4 is 11.3 Å². The Bertz CT molecular complexity index is 323. The van der Waals surface area contributed by atoms with Gasteiger partial charge in [0.25, 0.3) is 0 Å². The van der Waals surface area contributed by atoms with Gasteiger partial charge in [0.05, 0.1) is 19.3 Å². The van der Waals surface area contributed by atoms with E-state index < -0.39 is 0 Å². The summed E-state index contributed by atoms with van der Waals surface area (Å²) in [6, 6.07) is 2.41. The van der Waals surface area contributed by atoms with Crippen LogP contribution in [-0.2, 0) is 9.47 Å². The molecule has 0 aromatic carbocycles. The van der Waals surface area contributed by atoms with Crippen molar-refractivity contribution in [3.63, 3.8) is 0 Å². The van der Waals surface area contributed by atoms with Gasteiger partial charge in [-0.2, -0.15) is 0 Å². The summed E-state index contributed by atoms with van der Waals surface area (Å²) in [7, 11) is 3.45. The summed E-state index contributed by atoms with van der Waals surface area (Å²) in [5.41, 5.74) is 7.28. The molecule has 18 heavy (non-hydrogen) atoms. The first-order valence-electron chi connectivity index (χ1n) is 6.20. The lowest BCUT2D eigenvalue weighted by Gasteiger charge is -2.30. The number of hydrogen-bond acceptors (Lipinski definition) is 5. The fraction of sp³-hybridized carbons (Fsp3) is 0.692. The quantitative estimate of drug-likeness (QED) is 0.742. The van der Waals surface area contributed by atoms with Crippen molar-refractivity contribution in [3.8, 4) is 0 Å². The second-order valence-electron chi connectivity index (χ2n) is 4.24. The Hall–Kier alpha value is -0.460. The van der Waals surface area contributed by atoms with E-state index in [-0.39, 0.29) is 6.04 Å². The normalized spacial score (nSPS) is 13.2. The SMILES string of the molecule is COCCN(CCOC)C(CN)c1sccc1C. The van der Waals surface area contributed by atoms with Crippen molar-refractivity contribution in [3.05, 3.63) is 21.9 Å². The molecule has 0 saturated heterocycles. The zero-order valence-electron chi connectivity index (χ0n) is 11.5. The highest BCUT2D eigenvalue weighted by atomic mass is 32.1. The minimum Gasteiger partial charge on any atom is -0.383 e. The predicted octanol–water partition coefficient (Wildman–Crippen LogP) is 1.65. The average molecular weight is 272 g/mol. The molecule has 5 heteroatoms. The Morgan fingerprint density at radius 1 is 1.28 bits per heavy atom. The summed E-state index contributed by atoms with van der Waals surface area (Å²) in [4.78, 5) is 3.69. The molecule has 4 nitrogen and oxygen atoms in total. The molecule has 0 bridgehead atoms. The second-order valence-corrected chi connectivity index (χ2v) is 5.19. The van der Waals surface area contributed by atoms with Gasteiger partial charge in [0.15, 0.2) is 0 Å². The van der Waals surface area contributed by atoms with Crippen LogP contribution in [0.25, 0.3) is 0 Å².